The van der Waals surface area contributed by atoms with Crippen LogP contribution in [0.2, 0.25) is 0 Å². The van der Waals surface area contributed by atoms with E-state index in [1.54, 1.807) is 12.1 Å². The van der Waals surface area contributed by atoms with Crippen molar-refractivity contribution < 1.29 is 19.4 Å². The fourth-order valence-electron chi connectivity index (χ4n) is 2.47. The van der Waals surface area contributed by atoms with Crippen molar-refractivity contribution in [2.24, 2.45) is 5.92 Å². The number of hydrogen-bond donors (Lipinski definition) is 2. The van der Waals surface area contributed by atoms with Gasteiger partial charge in [-0.1, -0.05) is 29.3 Å². The summed E-state index contributed by atoms with van der Waals surface area (Å²) in [5.41, 5.74) is 2.55. The minimum atomic E-state index is -1.05. The molecule has 1 saturated heterocycles. The molecule has 0 bridgehead atoms. The number of benzene rings is 1. The van der Waals surface area contributed by atoms with Gasteiger partial charge in [0.15, 0.2) is 6.04 Å². The van der Waals surface area contributed by atoms with Crippen molar-refractivity contribution in [3.8, 4) is 0 Å². The number of carboxylic acid groups (broad SMARTS) is 1. The standard InChI is InChI=1S/C15H19NO4/c1-9-5-10(2)7-12(6-9)13(15(18)19)16-14(17)11-3-4-20-8-11/h5-7,11,13H,3-4,8H2,1-2H3,(H,16,17)(H,18,19). The number of aryl methyl sites for hydroxylation is 2. The molecule has 2 unspecified atom stereocenters. The summed E-state index contributed by atoms with van der Waals surface area (Å²) >= 11 is 0. The lowest BCUT2D eigenvalue weighted by Gasteiger charge is -2.18. The summed E-state index contributed by atoms with van der Waals surface area (Å²) in [6.45, 7) is 4.73. The van der Waals surface area contributed by atoms with Gasteiger partial charge in [-0.15, -0.1) is 0 Å². The maximum absolute atomic E-state index is 12.0. The Balaban J connectivity index is 2.18. The maximum Gasteiger partial charge on any atom is 0.330 e. The first-order valence-electron chi connectivity index (χ1n) is 6.66. The van der Waals surface area contributed by atoms with Crippen LogP contribution in [-0.2, 0) is 14.3 Å². The summed E-state index contributed by atoms with van der Waals surface area (Å²) < 4.78 is 5.16. The van der Waals surface area contributed by atoms with Gasteiger partial charge in [0.2, 0.25) is 5.91 Å². The van der Waals surface area contributed by atoms with Crippen molar-refractivity contribution >= 4 is 11.9 Å². The molecule has 0 saturated carbocycles. The molecule has 0 spiro atoms. The molecule has 2 N–H and O–H groups in total. The summed E-state index contributed by atoms with van der Waals surface area (Å²) in [5.74, 6) is -1.56. The van der Waals surface area contributed by atoms with E-state index in [1.807, 2.05) is 19.9 Å². The van der Waals surface area contributed by atoms with Crippen LogP contribution in [0.5, 0.6) is 0 Å². The van der Waals surface area contributed by atoms with Gasteiger partial charge in [-0.2, -0.15) is 0 Å². The van der Waals surface area contributed by atoms with Gasteiger partial charge in [-0.3, -0.25) is 4.79 Å². The number of hydrogen-bond acceptors (Lipinski definition) is 3. The van der Waals surface area contributed by atoms with Gasteiger partial charge in [0.1, 0.15) is 0 Å². The first-order valence-corrected chi connectivity index (χ1v) is 6.66. The Morgan fingerprint density at radius 2 is 1.95 bits per heavy atom. The number of ether oxygens (including phenoxy) is 1. The molecular formula is C15H19NO4. The van der Waals surface area contributed by atoms with Crippen LogP contribution < -0.4 is 5.32 Å². The van der Waals surface area contributed by atoms with E-state index in [1.165, 1.54) is 0 Å². The zero-order valence-corrected chi connectivity index (χ0v) is 11.7. The SMILES string of the molecule is Cc1cc(C)cc(C(NC(=O)C2CCOC2)C(=O)O)c1. The fourth-order valence-corrected chi connectivity index (χ4v) is 2.47. The molecule has 1 aliphatic heterocycles. The highest BCUT2D eigenvalue weighted by Gasteiger charge is 2.29. The first kappa shape index (κ1) is 14.5. The monoisotopic (exact) mass is 277 g/mol. The van der Waals surface area contributed by atoms with Crippen molar-refractivity contribution in [1.82, 2.24) is 5.32 Å². The van der Waals surface area contributed by atoms with Gasteiger partial charge < -0.3 is 15.2 Å². The first-order chi connectivity index (χ1) is 9.47. The van der Waals surface area contributed by atoms with Crippen molar-refractivity contribution in [3.05, 3.63) is 34.9 Å². The van der Waals surface area contributed by atoms with Gasteiger partial charge in [0.05, 0.1) is 12.5 Å². The molecular weight excluding hydrogens is 258 g/mol. The molecule has 0 aliphatic carbocycles. The third kappa shape index (κ3) is 3.36. The number of carbonyl (C=O) groups is 2. The molecule has 108 valence electrons. The van der Waals surface area contributed by atoms with Crippen molar-refractivity contribution in [3.63, 3.8) is 0 Å². The maximum atomic E-state index is 12.0. The Kier molecular flexibility index (Phi) is 4.39. The van der Waals surface area contributed by atoms with Crippen LogP contribution in [0.25, 0.3) is 0 Å². The predicted octanol–water partition coefficient (Wildman–Crippen LogP) is 1.58. The summed E-state index contributed by atoms with van der Waals surface area (Å²) in [6, 6.07) is 4.53. The second-order valence-electron chi connectivity index (χ2n) is 5.26. The molecule has 1 heterocycles. The quantitative estimate of drug-likeness (QED) is 0.876. The molecule has 5 heteroatoms. The van der Waals surface area contributed by atoms with Gasteiger partial charge in [0.25, 0.3) is 0 Å². The predicted molar refractivity (Wildman–Crippen MR) is 73.4 cm³/mol. The lowest BCUT2D eigenvalue weighted by Crippen LogP contribution is -2.38. The summed E-state index contributed by atoms with van der Waals surface area (Å²) in [5, 5.41) is 12.0. The molecule has 0 aromatic heterocycles. The van der Waals surface area contributed by atoms with Crippen LogP contribution >= 0.6 is 0 Å². The molecule has 1 aromatic rings. The van der Waals surface area contributed by atoms with Crippen LogP contribution in [0.1, 0.15) is 29.2 Å². The molecule has 2 atom stereocenters. The molecule has 20 heavy (non-hydrogen) atoms. The van der Waals surface area contributed by atoms with Crippen LogP contribution in [0.15, 0.2) is 18.2 Å². The minimum absolute atomic E-state index is 0.247. The Morgan fingerprint density at radius 1 is 1.30 bits per heavy atom. The number of amides is 1. The number of aliphatic carboxylic acids is 1. The highest BCUT2D eigenvalue weighted by atomic mass is 16.5. The molecule has 5 nitrogen and oxygen atoms in total. The Bertz CT molecular complexity index is 500. The number of rotatable bonds is 4. The summed E-state index contributed by atoms with van der Waals surface area (Å²) in [4.78, 5) is 23.5. The third-order valence-corrected chi connectivity index (χ3v) is 3.41. The summed E-state index contributed by atoms with van der Waals surface area (Å²) in [7, 11) is 0. The van der Waals surface area contributed by atoms with Crippen molar-refractivity contribution in [2.45, 2.75) is 26.3 Å². The lowest BCUT2D eigenvalue weighted by molar-refractivity contribution is -0.142. The van der Waals surface area contributed by atoms with Gasteiger partial charge in [-0.05, 0) is 25.8 Å². The number of nitrogens with one attached hydrogen (secondary N) is 1. The zero-order chi connectivity index (χ0) is 14.7. The minimum Gasteiger partial charge on any atom is -0.479 e. The van der Waals surface area contributed by atoms with E-state index in [0.29, 0.717) is 25.2 Å². The normalized spacial score (nSPS) is 19.6. The van der Waals surface area contributed by atoms with E-state index in [0.717, 1.165) is 11.1 Å². The molecule has 1 amide bonds. The van der Waals surface area contributed by atoms with Gasteiger partial charge in [0, 0.05) is 6.61 Å². The second-order valence-corrected chi connectivity index (χ2v) is 5.26. The molecule has 1 aromatic carbocycles. The third-order valence-electron chi connectivity index (χ3n) is 3.41. The zero-order valence-electron chi connectivity index (χ0n) is 11.7. The second kappa shape index (κ2) is 6.05. The smallest absolute Gasteiger partial charge is 0.330 e. The van der Waals surface area contributed by atoms with Crippen LogP contribution in [0, 0.1) is 19.8 Å². The van der Waals surface area contributed by atoms with E-state index >= 15 is 0 Å². The number of carboxylic acids is 1. The van der Waals surface area contributed by atoms with Crippen molar-refractivity contribution in [1.29, 1.82) is 0 Å². The average Bonchev–Trinajstić information content (AvgIpc) is 2.87. The molecule has 0 radical (unpaired) electrons. The van der Waals surface area contributed by atoms with Gasteiger partial charge in [-0.25, -0.2) is 4.79 Å². The molecule has 2 rings (SSSR count). The molecule has 1 fully saturated rings. The Morgan fingerprint density at radius 3 is 2.45 bits per heavy atom. The molecule has 1 aliphatic rings. The Hall–Kier alpha value is -1.88. The van der Waals surface area contributed by atoms with E-state index in [4.69, 9.17) is 4.74 Å². The van der Waals surface area contributed by atoms with E-state index in [2.05, 4.69) is 5.32 Å². The van der Waals surface area contributed by atoms with Crippen molar-refractivity contribution in [2.75, 3.05) is 13.2 Å². The summed E-state index contributed by atoms with van der Waals surface area (Å²) in [6.07, 6.45) is 0.644. The highest BCUT2D eigenvalue weighted by molar-refractivity contribution is 5.86. The van der Waals surface area contributed by atoms with E-state index in [-0.39, 0.29) is 11.8 Å². The highest BCUT2D eigenvalue weighted by Crippen LogP contribution is 2.20. The Labute approximate surface area is 117 Å². The van der Waals surface area contributed by atoms with Gasteiger partial charge >= 0.3 is 5.97 Å². The largest absolute Gasteiger partial charge is 0.479 e. The average molecular weight is 277 g/mol. The van der Waals surface area contributed by atoms with Crippen LogP contribution in [-0.4, -0.2) is 30.2 Å². The number of carbonyl (C=O) groups excluding carboxylic acids is 1. The van der Waals surface area contributed by atoms with E-state index < -0.39 is 12.0 Å². The van der Waals surface area contributed by atoms with Crippen LogP contribution in [0.3, 0.4) is 0 Å². The fraction of sp³-hybridized carbons (Fsp3) is 0.467. The topological polar surface area (TPSA) is 75.6 Å². The van der Waals surface area contributed by atoms with Crippen LogP contribution in [0.4, 0.5) is 0 Å². The lowest BCUT2D eigenvalue weighted by atomic mass is 10.00. The van der Waals surface area contributed by atoms with E-state index in [9.17, 15) is 14.7 Å².